The van der Waals surface area contributed by atoms with Crippen LogP contribution in [0.3, 0.4) is 0 Å². The molecule has 0 radical (unpaired) electrons. The molecule has 5 heteroatoms. The minimum atomic E-state index is 0.673. The van der Waals surface area contributed by atoms with E-state index in [4.69, 9.17) is 4.98 Å². The second-order valence-electron chi connectivity index (χ2n) is 4.53. The molecule has 0 unspecified atom stereocenters. The van der Waals surface area contributed by atoms with Crippen LogP contribution in [0.1, 0.15) is 37.5 Å². The van der Waals surface area contributed by atoms with Crippen LogP contribution in [0.2, 0.25) is 0 Å². The van der Waals surface area contributed by atoms with Gasteiger partial charge in [0.1, 0.15) is 11.6 Å². The van der Waals surface area contributed by atoms with Gasteiger partial charge in [0.05, 0.1) is 15.7 Å². The highest BCUT2D eigenvalue weighted by molar-refractivity contribution is 14.1. The topological polar surface area (TPSA) is 50.7 Å². The number of hydrogen-bond acceptors (Lipinski definition) is 4. The summed E-state index contributed by atoms with van der Waals surface area (Å²) in [4.78, 5) is 13.7. The summed E-state index contributed by atoms with van der Waals surface area (Å²) in [5, 5.41) is 3.32. The maximum absolute atomic E-state index is 4.70. The summed E-state index contributed by atoms with van der Waals surface area (Å²) in [5.41, 5.74) is 2.13. The van der Waals surface area contributed by atoms with Crippen molar-refractivity contribution in [3.8, 4) is 0 Å². The Hall–Kier alpha value is -1.24. The van der Waals surface area contributed by atoms with Gasteiger partial charge in [0.15, 0.2) is 0 Å². The van der Waals surface area contributed by atoms with Crippen molar-refractivity contribution < 1.29 is 0 Å². The first kappa shape index (κ1) is 15.2. The molecule has 0 aliphatic rings. The second kappa shape index (κ2) is 7.52. The zero-order chi connectivity index (χ0) is 14.4. The number of halogens is 1. The van der Waals surface area contributed by atoms with Gasteiger partial charge in [-0.3, -0.25) is 4.98 Å². The normalized spacial score (nSPS) is 10.6. The lowest BCUT2D eigenvalue weighted by Crippen LogP contribution is -2.10. The van der Waals surface area contributed by atoms with E-state index in [1.54, 1.807) is 6.20 Å². The Labute approximate surface area is 133 Å². The third-order valence-electron chi connectivity index (χ3n) is 2.86. The lowest BCUT2D eigenvalue weighted by molar-refractivity contribution is 0.827. The van der Waals surface area contributed by atoms with E-state index < -0.39 is 0 Å². The summed E-state index contributed by atoms with van der Waals surface area (Å²) < 4.78 is 1.14. The molecule has 0 spiro atoms. The predicted molar refractivity (Wildman–Crippen MR) is 90.0 cm³/mol. The quantitative estimate of drug-likeness (QED) is 0.778. The van der Waals surface area contributed by atoms with E-state index in [2.05, 4.69) is 51.7 Å². The smallest absolute Gasteiger partial charge is 0.143 e. The monoisotopic (exact) mass is 382 g/mol. The number of nitrogens with one attached hydrogen (secondary N) is 1. The average Bonchev–Trinajstić information content (AvgIpc) is 2.45. The number of rotatable bonds is 6. The Morgan fingerprint density at radius 1 is 1.20 bits per heavy atom. The summed E-state index contributed by atoms with van der Waals surface area (Å²) in [6.45, 7) is 5.11. The van der Waals surface area contributed by atoms with Crippen molar-refractivity contribution >= 4 is 28.4 Å². The highest BCUT2D eigenvalue weighted by atomic mass is 127. The maximum atomic E-state index is 4.70. The van der Waals surface area contributed by atoms with Crippen molar-refractivity contribution in [3.63, 3.8) is 0 Å². The molecule has 0 saturated carbocycles. The summed E-state index contributed by atoms with van der Waals surface area (Å²) in [6.07, 6.45) is 4.54. The molecule has 0 aliphatic carbocycles. The van der Waals surface area contributed by atoms with Crippen LogP contribution < -0.4 is 5.32 Å². The first-order valence-electron chi connectivity index (χ1n) is 6.93. The zero-order valence-electron chi connectivity index (χ0n) is 11.9. The molecule has 2 aromatic rings. The number of hydrogen-bond donors (Lipinski definition) is 1. The van der Waals surface area contributed by atoms with E-state index in [9.17, 15) is 0 Å². The van der Waals surface area contributed by atoms with E-state index in [1.807, 2.05) is 18.2 Å². The van der Waals surface area contributed by atoms with Crippen molar-refractivity contribution in [1.29, 1.82) is 0 Å². The van der Waals surface area contributed by atoms with Crippen LogP contribution in [0, 0.1) is 3.57 Å². The predicted octanol–water partition coefficient (Wildman–Crippen LogP) is 3.45. The Morgan fingerprint density at radius 3 is 2.70 bits per heavy atom. The molecule has 0 saturated heterocycles. The molecule has 20 heavy (non-hydrogen) atoms. The Morgan fingerprint density at radius 2 is 2.05 bits per heavy atom. The van der Waals surface area contributed by atoms with Crippen LogP contribution in [0.25, 0.3) is 0 Å². The lowest BCUT2D eigenvalue weighted by Gasteiger charge is -2.11. The third-order valence-corrected chi connectivity index (χ3v) is 4.00. The molecular weight excluding hydrogens is 363 g/mol. The molecule has 0 atom stereocenters. The van der Waals surface area contributed by atoms with E-state index >= 15 is 0 Å². The summed E-state index contributed by atoms with van der Waals surface area (Å²) in [5.74, 6) is 1.78. The van der Waals surface area contributed by atoms with Gasteiger partial charge in [-0.2, -0.15) is 0 Å². The van der Waals surface area contributed by atoms with Gasteiger partial charge in [-0.05, 0) is 48.1 Å². The Kier molecular flexibility index (Phi) is 5.70. The minimum Gasteiger partial charge on any atom is -0.369 e. The van der Waals surface area contributed by atoms with Gasteiger partial charge in [-0.1, -0.05) is 19.4 Å². The first-order valence-corrected chi connectivity index (χ1v) is 8.01. The van der Waals surface area contributed by atoms with Crippen molar-refractivity contribution in [2.45, 2.75) is 33.1 Å². The molecule has 0 fully saturated rings. The summed E-state index contributed by atoms with van der Waals surface area (Å²) >= 11 is 2.33. The van der Waals surface area contributed by atoms with E-state index in [1.165, 1.54) is 0 Å². The fourth-order valence-corrected chi connectivity index (χ4v) is 2.68. The van der Waals surface area contributed by atoms with Gasteiger partial charge in [0, 0.05) is 18.4 Å². The molecule has 4 nitrogen and oxygen atoms in total. The average molecular weight is 382 g/mol. The zero-order valence-corrected chi connectivity index (χ0v) is 14.0. The molecule has 0 amide bonds. The molecule has 0 bridgehead atoms. The first-order chi connectivity index (χ1) is 9.74. The number of nitrogens with zero attached hydrogens (tertiary/aromatic N) is 3. The van der Waals surface area contributed by atoms with E-state index in [0.717, 1.165) is 46.0 Å². The summed E-state index contributed by atoms with van der Waals surface area (Å²) in [7, 11) is 0. The fraction of sp³-hybridized carbons (Fsp3) is 0.400. The number of aromatic nitrogens is 3. The standard InChI is InChI=1S/C15H19IN4/c1-3-7-12-14(16)15(17-4-2)20-13(19-12)10-11-8-5-6-9-18-11/h5-6,8-9H,3-4,7,10H2,1-2H3,(H,17,19,20). The molecule has 2 rings (SSSR count). The fourth-order valence-electron chi connectivity index (χ4n) is 1.98. The van der Waals surface area contributed by atoms with Crippen LogP contribution >= 0.6 is 22.6 Å². The second-order valence-corrected chi connectivity index (χ2v) is 5.61. The van der Waals surface area contributed by atoms with Crippen LogP contribution in [0.5, 0.6) is 0 Å². The lowest BCUT2D eigenvalue weighted by atomic mass is 10.2. The SMILES string of the molecule is CCCc1nc(Cc2ccccn2)nc(NCC)c1I. The van der Waals surface area contributed by atoms with E-state index in [-0.39, 0.29) is 0 Å². The Balaban J connectivity index is 2.32. The number of pyridine rings is 1. The number of anilines is 1. The number of aryl methyl sites for hydroxylation is 1. The van der Waals surface area contributed by atoms with E-state index in [0.29, 0.717) is 6.42 Å². The van der Waals surface area contributed by atoms with Gasteiger partial charge in [-0.25, -0.2) is 9.97 Å². The van der Waals surface area contributed by atoms with Crippen LogP contribution in [0.4, 0.5) is 5.82 Å². The molecule has 2 aromatic heterocycles. The van der Waals surface area contributed by atoms with Gasteiger partial charge >= 0.3 is 0 Å². The van der Waals surface area contributed by atoms with Gasteiger partial charge < -0.3 is 5.32 Å². The molecular formula is C15H19IN4. The molecule has 1 N–H and O–H groups in total. The highest BCUT2D eigenvalue weighted by Crippen LogP contribution is 2.21. The maximum Gasteiger partial charge on any atom is 0.143 e. The Bertz CT molecular complexity index is 530. The van der Waals surface area contributed by atoms with Gasteiger partial charge in [0.2, 0.25) is 0 Å². The van der Waals surface area contributed by atoms with Crippen LogP contribution in [-0.2, 0) is 12.8 Å². The van der Waals surface area contributed by atoms with Crippen molar-refractivity contribution in [3.05, 3.63) is 45.2 Å². The van der Waals surface area contributed by atoms with Crippen LogP contribution in [0.15, 0.2) is 24.4 Å². The molecule has 2 heterocycles. The van der Waals surface area contributed by atoms with Crippen molar-refractivity contribution in [2.24, 2.45) is 0 Å². The highest BCUT2D eigenvalue weighted by Gasteiger charge is 2.11. The molecule has 0 aromatic carbocycles. The summed E-state index contributed by atoms with van der Waals surface area (Å²) in [6, 6.07) is 5.92. The third kappa shape index (κ3) is 3.88. The van der Waals surface area contributed by atoms with Crippen LogP contribution in [-0.4, -0.2) is 21.5 Å². The van der Waals surface area contributed by atoms with Gasteiger partial charge in [-0.15, -0.1) is 0 Å². The largest absolute Gasteiger partial charge is 0.369 e. The van der Waals surface area contributed by atoms with Crippen molar-refractivity contribution in [1.82, 2.24) is 15.0 Å². The molecule has 106 valence electrons. The molecule has 0 aliphatic heterocycles. The van der Waals surface area contributed by atoms with Gasteiger partial charge in [0.25, 0.3) is 0 Å². The van der Waals surface area contributed by atoms with Crippen molar-refractivity contribution in [2.75, 3.05) is 11.9 Å². The minimum absolute atomic E-state index is 0.673.